The molecular formula is C20H20Cl3N3O4. The van der Waals surface area contributed by atoms with Crippen LogP contribution in [0.5, 0.6) is 5.75 Å². The van der Waals surface area contributed by atoms with Crippen LogP contribution in [0, 0.1) is 10.1 Å². The van der Waals surface area contributed by atoms with Gasteiger partial charge in [0.1, 0.15) is 17.3 Å². The normalized spacial score (nSPS) is 10.4. The van der Waals surface area contributed by atoms with Crippen molar-refractivity contribution in [3.63, 3.8) is 0 Å². The van der Waals surface area contributed by atoms with Gasteiger partial charge in [-0.15, -0.1) is 12.4 Å². The number of hydrogen-bond donors (Lipinski definition) is 2. The minimum absolute atomic E-state index is 0. The maximum absolute atomic E-state index is 10.7. The van der Waals surface area contributed by atoms with Gasteiger partial charge in [-0.2, -0.15) is 0 Å². The number of furan rings is 1. The second-order valence-corrected chi connectivity index (χ2v) is 6.95. The average Bonchev–Trinajstić information content (AvgIpc) is 3.17. The van der Waals surface area contributed by atoms with Crippen LogP contribution in [-0.2, 0) is 6.54 Å². The molecule has 0 aliphatic rings. The summed E-state index contributed by atoms with van der Waals surface area (Å²) in [6, 6.07) is 13.6. The molecule has 10 heteroatoms. The zero-order chi connectivity index (χ0) is 20.8. The van der Waals surface area contributed by atoms with Crippen LogP contribution in [0.3, 0.4) is 0 Å². The third-order valence-corrected chi connectivity index (χ3v) is 4.79. The second-order valence-electron chi connectivity index (χ2n) is 6.14. The highest BCUT2D eigenvalue weighted by Gasteiger charge is 2.10. The van der Waals surface area contributed by atoms with Gasteiger partial charge in [-0.25, -0.2) is 0 Å². The topological polar surface area (TPSA) is 89.6 Å². The van der Waals surface area contributed by atoms with E-state index < -0.39 is 4.92 Å². The van der Waals surface area contributed by atoms with E-state index in [9.17, 15) is 10.1 Å². The molecule has 0 aliphatic heterocycles. The molecular weight excluding hydrogens is 453 g/mol. The van der Waals surface area contributed by atoms with Gasteiger partial charge in [0, 0.05) is 30.8 Å². The van der Waals surface area contributed by atoms with Gasteiger partial charge in [-0.3, -0.25) is 10.1 Å². The molecule has 3 rings (SSSR count). The molecule has 7 nitrogen and oxygen atoms in total. The summed E-state index contributed by atoms with van der Waals surface area (Å²) in [6.07, 6.45) is 0. The number of benzene rings is 2. The summed E-state index contributed by atoms with van der Waals surface area (Å²) in [5, 5.41) is 18.0. The van der Waals surface area contributed by atoms with E-state index >= 15 is 0 Å². The lowest BCUT2D eigenvalue weighted by Crippen LogP contribution is -2.21. The Labute approximate surface area is 189 Å². The summed E-state index contributed by atoms with van der Waals surface area (Å²) < 4.78 is 11.0. The summed E-state index contributed by atoms with van der Waals surface area (Å²) in [4.78, 5) is 10.3. The lowest BCUT2D eigenvalue weighted by atomic mass is 10.2. The number of halogens is 3. The van der Waals surface area contributed by atoms with E-state index in [-0.39, 0.29) is 18.1 Å². The van der Waals surface area contributed by atoms with Crippen molar-refractivity contribution in [1.82, 2.24) is 5.32 Å². The van der Waals surface area contributed by atoms with Crippen molar-refractivity contribution in [3.8, 4) is 17.1 Å². The maximum atomic E-state index is 10.7. The minimum atomic E-state index is -0.477. The van der Waals surface area contributed by atoms with Gasteiger partial charge in [-0.1, -0.05) is 23.2 Å². The number of methoxy groups -OCH3 is 1. The van der Waals surface area contributed by atoms with Gasteiger partial charge in [0.15, 0.2) is 0 Å². The maximum Gasteiger partial charge on any atom is 0.271 e. The average molecular weight is 473 g/mol. The molecule has 0 atom stereocenters. The molecule has 3 aromatic rings. The number of anilines is 1. The van der Waals surface area contributed by atoms with Gasteiger partial charge in [0.2, 0.25) is 0 Å². The van der Waals surface area contributed by atoms with Gasteiger partial charge >= 0.3 is 0 Å². The monoisotopic (exact) mass is 471 g/mol. The summed E-state index contributed by atoms with van der Waals surface area (Å²) in [6.45, 7) is 1.80. The smallest absolute Gasteiger partial charge is 0.271 e. The fourth-order valence-corrected chi connectivity index (χ4v) is 3.21. The zero-order valence-electron chi connectivity index (χ0n) is 16.0. The van der Waals surface area contributed by atoms with Crippen molar-refractivity contribution in [3.05, 3.63) is 74.5 Å². The molecule has 1 heterocycles. The van der Waals surface area contributed by atoms with Crippen LogP contribution in [0.25, 0.3) is 11.3 Å². The van der Waals surface area contributed by atoms with Crippen LogP contribution < -0.4 is 15.4 Å². The van der Waals surface area contributed by atoms with E-state index in [2.05, 4.69) is 10.6 Å². The number of nitrogens with one attached hydrogen (secondary N) is 2. The Balaban J connectivity index is 0.00000320. The van der Waals surface area contributed by atoms with Gasteiger partial charge in [0.05, 0.1) is 34.3 Å². The van der Waals surface area contributed by atoms with Crippen molar-refractivity contribution >= 4 is 47.0 Å². The lowest BCUT2D eigenvalue weighted by Gasteiger charge is -2.08. The van der Waals surface area contributed by atoms with Crippen molar-refractivity contribution in [2.75, 3.05) is 25.5 Å². The van der Waals surface area contributed by atoms with Gasteiger partial charge < -0.3 is 19.8 Å². The quantitative estimate of drug-likeness (QED) is 0.233. The number of hydrogen-bond acceptors (Lipinski definition) is 6. The third-order valence-electron chi connectivity index (χ3n) is 4.18. The molecule has 0 amide bonds. The van der Waals surface area contributed by atoms with Crippen LogP contribution in [0.15, 0.2) is 52.9 Å². The number of non-ortho nitro benzene ring substituents is 1. The molecule has 0 fully saturated rings. The Bertz CT molecular complexity index is 1010. The molecule has 0 bridgehead atoms. The van der Waals surface area contributed by atoms with Crippen molar-refractivity contribution in [1.29, 1.82) is 0 Å². The fourth-order valence-electron chi connectivity index (χ4n) is 2.71. The largest absolute Gasteiger partial charge is 0.495 e. The van der Waals surface area contributed by atoms with E-state index in [1.807, 2.05) is 18.2 Å². The summed E-state index contributed by atoms with van der Waals surface area (Å²) >= 11 is 12.2. The van der Waals surface area contributed by atoms with E-state index in [0.717, 1.165) is 17.1 Å². The molecule has 0 radical (unpaired) electrons. The van der Waals surface area contributed by atoms with Gasteiger partial charge in [0.25, 0.3) is 5.69 Å². The Morgan fingerprint density at radius 1 is 1.07 bits per heavy atom. The third kappa shape index (κ3) is 6.03. The predicted octanol–water partition coefficient (Wildman–Crippen LogP) is 5.79. The Morgan fingerprint density at radius 2 is 1.87 bits per heavy atom. The zero-order valence-corrected chi connectivity index (χ0v) is 18.3. The molecule has 30 heavy (non-hydrogen) atoms. The first-order valence-electron chi connectivity index (χ1n) is 8.79. The second kappa shape index (κ2) is 11.1. The fraction of sp³-hybridized carbons (Fsp3) is 0.200. The van der Waals surface area contributed by atoms with Crippen LogP contribution >= 0.6 is 35.6 Å². The highest BCUT2D eigenvalue weighted by atomic mass is 35.5. The standard InChI is InChI=1S/C20H19Cl2N3O4.ClH/c1-28-20-6-2-13(10-17(20)22)19-7-4-15(29-19)12-23-8-9-24-18-5-3-14(25(26)27)11-16(18)21;/h2-7,10-11,23-24H,8-9,12H2,1H3;1H. The molecule has 1 aromatic heterocycles. The molecule has 160 valence electrons. The summed E-state index contributed by atoms with van der Waals surface area (Å²) in [5.74, 6) is 2.13. The SMILES string of the molecule is COc1ccc(-c2ccc(CNCCNc3ccc([N+](=O)[O-])cc3Cl)o2)cc1Cl.Cl. The molecule has 0 spiro atoms. The van der Waals surface area contributed by atoms with Crippen LogP contribution in [0.4, 0.5) is 11.4 Å². The first-order valence-corrected chi connectivity index (χ1v) is 9.54. The Kier molecular flexibility index (Phi) is 8.80. The van der Waals surface area contributed by atoms with Gasteiger partial charge in [-0.05, 0) is 36.4 Å². The molecule has 0 unspecified atom stereocenters. The molecule has 2 aromatic carbocycles. The Morgan fingerprint density at radius 3 is 2.53 bits per heavy atom. The number of ether oxygens (including phenoxy) is 1. The van der Waals surface area contributed by atoms with Crippen LogP contribution in [0.1, 0.15) is 5.76 Å². The van der Waals surface area contributed by atoms with Crippen molar-refractivity contribution in [2.45, 2.75) is 6.54 Å². The Hall–Kier alpha value is -2.45. The summed E-state index contributed by atoms with van der Waals surface area (Å²) in [7, 11) is 1.57. The molecule has 2 N–H and O–H groups in total. The molecule has 0 saturated heterocycles. The highest BCUT2D eigenvalue weighted by Crippen LogP contribution is 2.31. The highest BCUT2D eigenvalue weighted by molar-refractivity contribution is 6.33. The predicted molar refractivity (Wildman–Crippen MR) is 121 cm³/mol. The van der Waals surface area contributed by atoms with Crippen molar-refractivity contribution < 1.29 is 14.1 Å². The van der Waals surface area contributed by atoms with Crippen LogP contribution in [0.2, 0.25) is 10.0 Å². The first-order chi connectivity index (χ1) is 14.0. The number of nitrogens with zero attached hydrogens (tertiary/aromatic N) is 1. The number of nitro benzene ring substituents is 1. The first kappa shape index (κ1) is 23.8. The van der Waals surface area contributed by atoms with E-state index in [0.29, 0.717) is 41.1 Å². The summed E-state index contributed by atoms with van der Waals surface area (Å²) in [5.41, 5.74) is 1.48. The molecule has 0 aliphatic carbocycles. The van der Waals surface area contributed by atoms with E-state index in [4.69, 9.17) is 32.4 Å². The molecule has 0 saturated carbocycles. The number of nitro groups is 1. The lowest BCUT2D eigenvalue weighted by molar-refractivity contribution is -0.384. The van der Waals surface area contributed by atoms with Crippen molar-refractivity contribution in [2.24, 2.45) is 0 Å². The van der Waals surface area contributed by atoms with Crippen LogP contribution in [-0.4, -0.2) is 25.1 Å². The van der Waals surface area contributed by atoms with E-state index in [1.165, 1.54) is 12.1 Å². The number of rotatable bonds is 9. The minimum Gasteiger partial charge on any atom is -0.495 e. The van der Waals surface area contributed by atoms with E-state index in [1.54, 1.807) is 25.3 Å².